The van der Waals surface area contributed by atoms with E-state index in [1.165, 1.54) is 9.80 Å². The lowest BCUT2D eigenvalue weighted by atomic mass is 10.1. The first-order valence-electron chi connectivity index (χ1n) is 10.1. The maximum atomic E-state index is 13.5. The summed E-state index contributed by atoms with van der Waals surface area (Å²) < 4.78 is 0.997. The summed E-state index contributed by atoms with van der Waals surface area (Å²) in [5.41, 5.74) is 2.69. The molecule has 1 saturated heterocycles. The van der Waals surface area contributed by atoms with E-state index < -0.39 is 11.9 Å². The van der Waals surface area contributed by atoms with Gasteiger partial charge in [0.2, 0.25) is 5.91 Å². The van der Waals surface area contributed by atoms with Crippen LogP contribution in [0.4, 0.5) is 5.69 Å². The monoisotopic (exact) mass is 558 g/mol. The van der Waals surface area contributed by atoms with Gasteiger partial charge in [0.1, 0.15) is 6.04 Å². The Balaban J connectivity index is 1.70. The molecule has 32 heavy (non-hydrogen) atoms. The van der Waals surface area contributed by atoms with Gasteiger partial charge < -0.3 is 4.90 Å². The molecular formula is C25H20ClIN2O3. The van der Waals surface area contributed by atoms with Crippen LogP contribution in [0.3, 0.4) is 0 Å². The maximum Gasteiger partial charge on any atom is 0.257 e. The summed E-state index contributed by atoms with van der Waals surface area (Å²) >= 11 is 8.51. The Morgan fingerprint density at radius 3 is 2.34 bits per heavy atom. The predicted molar refractivity (Wildman–Crippen MR) is 133 cm³/mol. The topological polar surface area (TPSA) is 57.7 Å². The summed E-state index contributed by atoms with van der Waals surface area (Å²) in [4.78, 5) is 42.4. The van der Waals surface area contributed by atoms with Crippen molar-refractivity contribution in [1.29, 1.82) is 0 Å². The van der Waals surface area contributed by atoms with Crippen LogP contribution in [0.15, 0.2) is 72.8 Å². The predicted octanol–water partition coefficient (Wildman–Crippen LogP) is 5.23. The van der Waals surface area contributed by atoms with Crippen molar-refractivity contribution < 1.29 is 14.4 Å². The van der Waals surface area contributed by atoms with Gasteiger partial charge in [0.25, 0.3) is 11.8 Å². The Labute approximate surface area is 205 Å². The number of amides is 3. The third kappa shape index (κ3) is 4.56. The van der Waals surface area contributed by atoms with E-state index >= 15 is 0 Å². The Bertz CT molecular complexity index is 1180. The van der Waals surface area contributed by atoms with Crippen molar-refractivity contribution in [3.63, 3.8) is 0 Å². The van der Waals surface area contributed by atoms with E-state index in [0.717, 1.165) is 9.13 Å². The van der Waals surface area contributed by atoms with E-state index in [1.807, 2.05) is 43.3 Å². The molecule has 162 valence electrons. The summed E-state index contributed by atoms with van der Waals surface area (Å²) in [6.07, 6.45) is -0.0765. The van der Waals surface area contributed by atoms with Gasteiger partial charge in [-0.2, -0.15) is 0 Å². The van der Waals surface area contributed by atoms with E-state index in [2.05, 4.69) is 22.6 Å². The summed E-state index contributed by atoms with van der Waals surface area (Å²) in [6.45, 7) is 2.06. The molecule has 0 N–H and O–H groups in total. The van der Waals surface area contributed by atoms with Crippen LogP contribution >= 0.6 is 34.2 Å². The number of rotatable bonds is 5. The second kappa shape index (κ2) is 9.42. The highest BCUT2D eigenvalue weighted by molar-refractivity contribution is 14.1. The van der Waals surface area contributed by atoms with Crippen LogP contribution in [0.25, 0.3) is 0 Å². The Morgan fingerprint density at radius 2 is 1.69 bits per heavy atom. The number of halogens is 2. The minimum absolute atomic E-state index is 0.0765. The van der Waals surface area contributed by atoms with Crippen LogP contribution in [0.5, 0.6) is 0 Å². The lowest BCUT2D eigenvalue weighted by molar-refractivity contribution is -0.122. The van der Waals surface area contributed by atoms with Crippen LogP contribution < -0.4 is 4.90 Å². The van der Waals surface area contributed by atoms with Crippen LogP contribution in [0, 0.1) is 10.5 Å². The minimum atomic E-state index is -0.910. The largest absolute Gasteiger partial charge is 0.322 e. The maximum absolute atomic E-state index is 13.5. The number of imide groups is 1. The third-order valence-corrected chi connectivity index (χ3v) is 6.53. The number of nitrogens with zero attached hydrogens (tertiary/aromatic N) is 2. The second-order valence-corrected chi connectivity index (χ2v) is 9.31. The zero-order valence-corrected chi connectivity index (χ0v) is 20.2. The van der Waals surface area contributed by atoms with Crippen molar-refractivity contribution in [2.24, 2.45) is 0 Å². The van der Waals surface area contributed by atoms with Gasteiger partial charge in [0.05, 0.1) is 12.1 Å². The summed E-state index contributed by atoms with van der Waals surface area (Å²) in [5.74, 6) is -1.06. The normalized spacial score (nSPS) is 15.8. The molecule has 1 heterocycles. The third-order valence-electron chi connectivity index (χ3n) is 5.44. The second-order valence-electron chi connectivity index (χ2n) is 7.65. The summed E-state index contributed by atoms with van der Waals surface area (Å²) in [7, 11) is 0. The van der Waals surface area contributed by atoms with Gasteiger partial charge in [0, 0.05) is 20.7 Å². The van der Waals surface area contributed by atoms with E-state index in [4.69, 9.17) is 11.6 Å². The van der Waals surface area contributed by atoms with Crippen molar-refractivity contribution in [2.45, 2.75) is 25.9 Å². The molecule has 4 rings (SSSR count). The lowest BCUT2D eigenvalue weighted by Crippen LogP contribution is -2.45. The zero-order valence-electron chi connectivity index (χ0n) is 17.3. The van der Waals surface area contributed by atoms with Gasteiger partial charge in [0.15, 0.2) is 0 Å². The quantitative estimate of drug-likeness (QED) is 0.318. The van der Waals surface area contributed by atoms with Crippen molar-refractivity contribution in [3.05, 3.63) is 98.1 Å². The highest BCUT2D eigenvalue weighted by atomic mass is 127. The Hall–Kier alpha value is -2.71. The smallest absolute Gasteiger partial charge is 0.257 e. The van der Waals surface area contributed by atoms with Crippen molar-refractivity contribution in [1.82, 2.24) is 4.90 Å². The average Bonchev–Trinajstić information content (AvgIpc) is 3.07. The molecule has 0 radical (unpaired) electrons. The van der Waals surface area contributed by atoms with E-state index in [1.54, 1.807) is 36.4 Å². The molecule has 0 spiro atoms. The molecular weight excluding hydrogens is 539 g/mol. The zero-order chi connectivity index (χ0) is 22.8. The molecule has 7 heteroatoms. The van der Waals surface area contributed by atoms with Crippen molar-refractivity contribution >= 4 is 57.6 Å². The van der Waals surface area contributed by atoms with Crippen LogP contribution in [-0.4, -0.2) is 28.7 Å². The van der Waals surface area contributed by atoms with Crippen molar-refractivity contribution in [2.75, 3.05) is 4.90 Å². The molecule has 1 unspecified atom stereocenters. The molecule has 1 aliphatic rings. The van der Waals surface area contributed by atoms with Crippen LogP contribution in [0.2, 0.25) is 5.02 Å². The highest BCUT2D eigenvalue weighted by Crippen LogP contribution is 2.29. The first-order valence-corrected chi connectivity index (χ1v) is 11.5. The number of carbonyl (C=O) groups excluding carboxylic acids is 3. The van der Waals surface area contributed by atoms with Crippen LogP contribution in [-0.2, 0) is 16.1 Å². The molecule has 1 fully saturated rings. The molecule has 1 atom stereocenters. The molecule has 3 aromatic carbocycles. The van der Waals surface area contributed by atoms with Gasteiger partial charge in [-0.15, -0.1) is 0 Å². The van der Waals surface area contributed by atoms with E-state index in [0.29, 0.717) is 21.8 Å². The molecule has 0 bridgehead atoms. The van der Waals surface area contributed by atoms with Gasteiger partial charge in [-0.05, 0) is 77.5 Å². The fraction of sp³-hybridized carbons (Fsp3) is 0.160. The van der Waals surface area contributed by atoms with Gasteiger partial charge in [-0.1, -0.05) is 47.5 Å². The minimum Gasteiger partial charge on any atom is -0.322 e. The number of anilines is 1. The SMILES string of the molecule is Cc1ccc(C(=O)N(Cc2ccccc2Cl)C2CC(=O)N(c3ccc(I)cc3)C2=O)cc1. The number of benzene rings is 3. The Kier molecular flexibility index (Phi) is 6.62. The summed E-state index contributed by atoms with van der Waals surface area (Å²) in [5, 5.41) is 0.500. The Morgan fingerprint density at radius 1 is 1.03 bits per heavy atom. The number of carbonyl (C=O) groups is 3. The molecule has 0 aromatic heterocycles. The lowest BCUT2D eigenvalue weighted by Gasteiger charge is -2.28. The molecule has 0 aliphatic carbocycles. The molecule has 3 aromatic rings. The molecule has 1 aliphatic heterocycles. The van der Waals surface area contributed by atoms with Gasteiger partial charge in [-0.3, -0.25) is 14.4 Å². The number of hydrogen-bond donors (Lipinski definition) is 0. The van der Waals surface area contributed by atoms with Gasteiger partial charge >= 0.3 is 0 Å². The number of hydrogen-bond acceptors (Lipinski definition) is 3. The van der Waals surface area contributed by atoms with E-state index in [-0.39, 0.29) is 24.8 Å². The van der Waals surface area contributed by atoms with E-state index in [9.17, 15) is 14.4 Å². The average molecular weight is 559 g/mol. The molecule has 5 nitrogen and oxygen atoms in total. The fourth-order valence-corrected chi connectivity index (χ4v) is 4.27. The molecule has 0 saturated carbocycles. The van der Waals surface area contributed by atoms with Gasteiger partial charge in [-0.25, -0.2) is 4.90 Å². The fourth-order valence-electron chi connectivity index (χ4n) is 3.72. The standard InChI is InChI=1S/C25H20ClIN2O3/c1-16-6-8-17(9-7-16)24(31)28(15-18-4-2-3-5-21(18)26)22-14-23(30)29(25(22)32)20-12-10-19(27)11-13-20/h2-13,22H,14-15H2,1H3. The van der Waals surface area contributed by atoms with Crippen LogP contribution in [0.1, 0.15) is 27.9 Å². The molecule has 3 amide bonds. The highest BCUT2D eigenvalue weighted by Gasteiger charge is 2.44. The first kappa shape index (κ1) is 22.5. The summed E-state index contributed by atoms with van der Waals surface area (Å²) in [6, 6.07) is 20.6. The number of aryl methyl sites for hydroxylation is 1. The van der Waals surface area contributed by atoms with Crippen molar-refractivity contribution in [3.8, 4) is 0 Å². The first-order chi connectivity index (χ1) is 15.3.